The number of nitrogens with one attached hydrogen (secondary N) is 1. The van der Waals surface area contributed by atoms with Crippen molar-refractivity contribution in [3.63, 3.8) is 0 Å². The lowest BCUT2D eigenvalue weighted by Gasteiger charge is -2.41. The van der Waals surface area contributed by atoms with Gasteiger partial charge in [0.05, 0.1) is 4.92 Å². The van der Waals surface area contributed by atoms with Crippen LogP contribution in [0.5, 0.6) is 0 Å². The van der Waals surface area contributed by atoms with Crippen LogP contribution in [0, 0.1) is 17.0 Å². The minimum absolute atomic E-state index is 0.0165. The molecule has 2 amide bonds. The van der Waals surface area contributed by atoms with Crippen molar-refractivity contribution in [1.29, 1.82) is 0 Å². The molecule has 0 saturated carbocycles. The van der Waals surface area contributed by atoms with Gasteiger partial charge in [0, 0.05) is 19.2 Å². The van der Waals surface area contributed by atoms with Crippen LogP contribution < -0.4 is 5.32 Å². The van der Waals surface area contributed by atoms with E-state index in [9.17, 15) is 19.7 Å². The normalized spacial score (nSPS) is 17.3. The van der Waals surface area contributed by atoms with Crippen LogP contribution in [0.2, 0.25) is 0 Å². The molecule has 0 radical (unpaired) electrons. The molecule has 0 unspecified atom stereocenters. The van der Waals surface area contributed by atoms with E-state index in [1.807, 2.05) is 0 Å². The number of hydrogen-bond donors (Lipinski definition) is 1. The van der Waals surface area contributed by atoms with Gasteiger partial charge in [0.1, 0.15) is 11.1 Å². The molecule has 1 aliphatic heterocycles. The fraction of sp³-hybridized carbons (Fsp3) is 0.429. The van der Waals surface area contributed by atoms with E-state index in [0.717, 1.165) is 5.56 Å². The van der Waals surface area contributed by atoms with Crippen LogP contribution in [0.1, 0.15) is 29.8 Å². The molecule has 1 aliphatic rings. The van der Waals surface area contributed by atoms with E-state index in [0.29, 0.717) is 13.1 Å². The van der Waals surface area contributed by atoms with E-state index in [2.05, 4.69) is 5.32 Å². The first-order valence-electron chi connectivity index (χ1n) is 6.60. The van der Waals surface area contributed by atoms with Gasteiger partial charge >= 0.3 is 0 Å². The molecule has 1 fully saturated rings. The van der Waals surface area contributed by atoms with Crippen LogP contribution in [-0.2, 0) is 4.79 Å². The second-order valence-corrected chi connectivity index (χ2v) is 5.55. The third-order valence-corrected chi connectivity index (χ3v) is 3.68. The van der Waals surface area contributed by atoms with Crippen molar-refractivity contribution in [2.75, 3.05) is 13.1 Å². The maximum Gasteiger partial charge on any atom is 0.282 e. The Morgan fingerprint density at radius 3 is 2.71 bits per heavy atom. The number of nitrogens with zero attached hydrogens (tertiary/aromatic N) is 2. The number of amides is 2. The Morgan fingerprint density at radius 1 is 1.43 bits per heavy atom. The van der Waals surface area contributed by atoms with E-state index >= 15 is 0 Å². The largest absolute Gasteiger partial charge is 0.352 e. The Kier molecular flexibility index (Phi) is 3.67. The van der Waals surface area contributed by atoms with Crippen molar-refractivity contribution >= 4 is 17.5 Å². The third kappa shape index (κ3) is 2.58. The van der Waals surface area contributed by atoms with Crippen LogP contribution in [0.15, 0.2) is 18.2 Å². The predicted molar refractivity (Wildman–Crippen MR) is 76.0 cm³/mol. The standard InChI is InChI=1S/C14H17N3O4/c1-9-4-5-11(17(20)21)10(8-9)12(18)16-7-6-15-13(19)14(16,2)3/h4-5,8H,6-7H2,1-3H3,(H,15,19). The van der Waals surface area contributed by atoms with E-state index in [1.165, 1.54) is 17.0 Å². The lowest BCUT2D eigenvalue weighted by atomic mass is 9.97. The summed E-state index contributed by atoms with van der Waals surface area (Å²) < 4.78 is 0. The van der Waals surface area contributed by atoms with Crippen molar-refractivity contribution in [3.05, 3.63) is 39.4 Å². The second kappa shape index (κ2) is 5.16. The summed E-state index contributed by atoms with van der Waals surface area (Å²) >= 11 is 0. The van der Waals surface area contributed by atoms with Crippen LogP contribution in [-0.4, -0.2) is 40.3 Å². The molecular formula is C14H17N3O4. The van der Waals surface area contributed by atoms with Crippen LogP contribution >= 0.6 is 0 Å². The number of nitro benzene ring substituents is 1. The lowest BCUT2D eigenvalue weighted by Crippen LogP contribution is -2.63. The Balaban J connectivity index is 2.47. The van der Waals surface area contributed by atoms with Gasteiger partial charge < -0.3 is 10.2 Å². The molecule has 1 aromatic carbocycles. The number of piperazine rings is 1. The maximum atomic E-state index is 12.7. The fourth-order valence-electron chi connectivity index (χ4n) is 2.38. The number of benzene rings is 1. The first kappa shape index (κ1) is 15.0. The number of carbonyl (C=O) groups excluding carboxylic acids is 2. The molecule has 1 N–H and O–H groups in total. The monoisotopic (exact) mass is 291 g/mol. The molecule has 7 heteroatoms. The SMILES string of the molecule is Cc1ccc([N+](=O)[O-])c(C(=O)N2CCNC(=O)C2(C)C)c1. The Hall–Kier alpha value is -2.44. The van der Waals surface area contributed by atoms with Crippen LogP contribution in [0.3, 0.4) is 0 Å². The number of rotatable bonds is 2. The van der Waals surface area contributed by atoms with Gasteiger partial charge in [-0.15, -0.1) is 0 Å². The molecule has 1 saturated heterocycles. The summed E-state index contributed by atoms with van der Waals surface area (Å²) in [6.45, 7) is 5.67. The molecule has 2 rings (SSSR count). The molecule has 7 nitrogen and oxygen atoms in total. The number of carbonyl (C=O) groups is 2. The number of nitro groups is 1. The Morgan fingerprint density at radius 2 is 2.10 bits per heavy atom. The topological polar surface area (TPSA) is 92.6 Å². The number of aryl methyl sites for hydroxylation is 1. The third-order valence-electron chi connectivity index (χ3n) is 3.68. The van der Waals surface area contributed by atoms with Crippen molar-refractivity contribution in [2.24, 2.45) is 0 Å². The minimum Gasteiger partial charge on any atom is -0.352 e. The predicted octanol–water partition coefficient (Wildman–Crippen LogP) is 1.25. The smallest absolute Gasteiger partial charge is 0.282 e. The second-order valence-electron chi connectivity index (χ2n) is 5.55. The minimum atomic E-state index is -1.03. The molecule has 0 spiro atoms. The molecular weight excluding hydrogens is 274 g/mol. The average Bonchev–Trinajstić information content (AvgIpc) is 2.40. The zero-order chi connectivity index (χ0) is 15.8. The number of hydrogen-bond acceptors (Lipinski definition) is 4. The van der Waals surface area contributed by atoms with Gasteiger partial charge in [-0.25, -0.2) is 0 Å². The first-order chi connectivity index (χ1) is 9.75. The summed E-state index contributed by atoms with van der Waals surface area (Å²) in [6.07, 6.45) is 0. The zero-order valence-corrected chi connectivity index (χ0v) is 12.2. The van der Waals surface area contributed by atoms with Crippen molar-refractivity contribution in [1.82, 2.24) is 10.2 Å². The summed E-state index contributed by atoms with van der Waals surface area (Å²) in [5, 5.41) is 13.8. The van der Waals surface area contributed by atoms with Gasteiger partial charge in [-0.2, -0.15) is 0 Å². The van der Waals surface area contributed by atoms with Crippen LogP contribution in [0.4, 0.5) is 5.69 Å². The van der Waals surface area contributed by atoms with E-state index in [4.69, 9.17) is 0 Å². The molecule has 1 aromatic rings. The van der Waals surface area contributed by atoms with Gasteiger partial charge in [-0.05, 0) is 32.4 Å². The highest BCUT2D eigenvalue weighted by atomic mass is 16.6. The van der Waals surface area contributed by atoms with E-state index in [-0.39, 0.29) is 17.2 Å². The summed E-state index contributed by atoms with van der Waals surface area (Å²) in [7, 11) is 0. The highest BCUT2D eigenvalue weighted by Crippen LogP contribution is 2.26. The lowest BCUT2D eigenvalue weighted by molar-refractivity contribution is -0.385. The molecule has 0 aliphatic carbocycles. The first-order valence-corrected chi connectivity index (χ1v) is 6.60. The quantitative estimate of drug-likeness (QED) is 0.655. The molecule has 112 valence electrons. The maximum absolute atomic E-state index is 12.7. The van der Waals surface area contributed by atoms with Gasteiger partial charge in [0.2, 0.25) is 5.91 Å². The highest BCUT2D eigenvalue weighted by molar-refractivity contribution is 6.02. The van der Waals surface area contributed by atoms with Gasteiger partial charge in [-0.1, -0.05) is 6.07 Å². The summed E-state index contributed by atoms with van der Waals surface area (Å²) in [5.74, 6) is -0.761. The van der Waals surface area contributed by atoms with E-state index < -0.39 is 16.4 Å². The Bertz CT molecular complexity index is 625. The molecule has 0 bridgehead atoms. The molecule has 0 atom stereocenters. The Labute approximate surface area is 122 Å². The molecule has 1 heterocycles. The van der Waals surface area contributed by atoms with Crippen molar-refractivity contribution in [2.45, 2.75) is 26.3 Å². The summed E-state index contributed by atoms with van der Waals surface area (Å²) in [5.41, 5.74) is -0.509. The zero-order valence-electron chi connectivity index (χ0n) is 12.2. The molecule has 21 heavy (non-hydrogen) atoms. The van der Waals surface area contributed by atoms with Gasteiger partial charge in [0.25, 0.3) is 11.6 Å². The summed E-state index contributed by atoms with van der Waals surface area (Å²) in [4.78, 5) is 36.5. The highest BCUT2D eigenvalue weighted by Gasteiger charge is 2.42. The average molecular weight is 291 g/mol. The van der Waals surface area contributed by atoms with Gasteiger partial charge in [0.15, 0.2) is 0 Å². The van der Waals surface area contributed by atoms with Crippen molar-refractivity contribution in [3.8, 4) is 0 Å². The fourth-order valence-corrected chi connectivity index (χ4v) is 2.38. The van der Waals surface area contributed by atoms with Gasteiger partial charge in [-0.3, -0.25) is 19.7 Å². The molecule has 0 aromatic heterocycles. The van der Waals surface area contributed by atoms with Crippen molar-refractivity contribution < 1.29 is 14.5 Å². The van der Waals surface area contributed by atoms with Crippen LogP contribution in [0.25, 0.3) is 0 Å². The summed E-state index contributed by atoms with van der Waals surface area (Å²) in [6, 6.07) is 4.39. The van der Waals surface area contributed by atoms with E-state index in [1.54, 1.807) is 26.8 Å².